The molecule has 0 spiro atoms. The van der Waals surface area contributed by atoms with E-state index in [-0.39, 0.29) is 5.91 Å². The van der Waals surface area contributed by atoms with Crippen LogP contribution in [0.4, 0.5) is 5.95 Å². The van der Waals surface area contributed by atoms with Crippen molar-refractivity contribution in [2.24, 2.45) is 0 Å². The minimum Gasteiger partial charge on any atom is -0.289 e. The van der Waals surface area contributed by atoms with Gasteiger partial charge in [0.15, 0.2) is 0 Å². The predicted molar refractivity (Wildman–Crippen MR) is 71.4 cm³/mol. The third kappa shape index (κ3) is 3.10. The smallest absolute Gasteiger partial charge is 0.276 e. The van der Waals surface area contributed by atoms with Gasteiger partial charge in [-0.3, -0.25) is 10.1 Å². The van der Waals surface area contributed by atoms with Gasteiger partial charge < -0.3 is 0 Å². The highest BCUT2D eigenvalue weighted by Crippen LogP contribution is 2.09. The Bertz CT molecular complexity index is 580. The Morgan fingerprint density at radius 1 is 1.17 bits per heavy atom. The van der Waals surface area contributed by atoms with E-state index >= 15 is 0 Å². The van der Waals surface area contributed by atoms with Crippen LogP contribution in [0.25, 0.3) is 0 Å². The number of nitrogens with one attached hydrogen (secondary N) is 1. The van der Waals surface area contributed by atoms with Gasteiger partial charge in [0.05, 0.1) is 0 Å². The second-order valence-electron chi connectivity index (χ2n) is 3.77. The topological polar surface area (TPSA) is 67.8 Å². The van der Waals surface area contributed by atoms with Gasteiger partial charge in [0.1, 0.15) is 10.3 Å². The first kappa shape index (κ1) is 12.6. The van der Waals surface area contributed by atoms with E-state index in [4.69, 9.17) is 0 Å². The molecule has 6 heteroatoms. The highest BCUT2D eigenvalue weighted by atomic mass is 79.9. The van der Waals surface area contributed by atoms with Gasteiger partial charge in [-0.2, -0.15) is 0 Å². The molecule has 0 saturated heterocycles. The molecule has 0 fully saturated rings. The lowest BCUT2D eigenvalue weighted by atomic mass is 10.3. The summed E-state index contributed by atoms with van der Waals surface area (Å²) in [6.07, 6.45) is 0. The number of hydrogen-bond acceptors (Lipinski definition) is 4. The van der Waals surface area contributed by atoms with Crippen molar-refractivity contribution in [1.82, 2.24) is 15.0 Å². The van der Waals surface area contributed by atoms with E-state index in [1.807, 2.05) is 19.9 Å². The summed E-state index contributed by atoms with van der Waals surface area (Å²) in [5.74, 6) is -0.0411. The molecule has 0 saturated carbocycles. The summed E-state index contributed by atoms with van der Waals surface area (Å²) in [5, 5.41) is 2.62. The fourth-order valence-corrected chi connectivity index (χ4v) is 1.83. The summed E-state index contributed by atoms with van der Waals surface area (Å²) in [7, 11) is 0. The van der Waals surface area contributed by atoms with Crippen LogP contribution in [-0.4, -0.2) is 20.9 Å². The minimum atomic E-state index is -0.332. The number of anilines is 1. The van der Waals surface area contributed by atoms with Crippen LogP contribution in [0.15, 0.2) is 28.9 Å². The number of hydrogen-bond donors (Lipinski definition) is 1. The SMILES string of the molecule is Cc1cc(C)nc(NC(=O)c2cccc(Br)n2)n1. The maximum atomic E-state index is 11.9. The molecule has 1 N–H and O–H groups in total. The monoisotopic (exact) mass is 306 g/mol. The Hall–Kier alpha value is -1.82. The molecule has 0 aliphatic rings. The van der Waals surface area contributed by atoms with Gasteiger partial charge in [-0.15, -0.1) is 0 Å². The fourth-order valence-electron chi connectivity index (χ4n) is 1.48. The average molecular weight is 307 g/mol. The van der Waals surface area contributed by atoms with E-state index in [0.717, 1.165) is 11.4 Å². The molecule has 0 bridgehead atoms. The van der Waals surface area contributed by atoms with Crippen LogP contribution in [-0.2, 0) is 0 Å². The number of nitrogens with zero attached hydrogens (tertiary/aromatic N) is 3. The van der Waals surface area contributed by atoms with Crippen molar-refractivity contribution in [3.05, 3.63) is 46.0 Å². The van der Waals surface area contributed by atoms with Crippen molar-refractivity contribution < 1.29 is 4.79 Å². The van der Waals surface area contributed by atoms with E-state index in [0.29, 0.717) is 16.2 Å². The van der Waals surface area contributed by atoms with E-state index in [9.17, 15) is 4.79 Å². The summed E-state index contributed by atoms with van der Waals surface area (Å²) in [5.41, 5.74) is 1.92. The zero-order chi connectivity index (χ0) is 13.1. The summed E-state index contributed by atoms with van der Waals surface area (Å²) >= 11 is 3.22. The molecule has 0 aliphatic carbocycles. The molecule has 5 nitrogen and oxygen atoms in total. The Kier molecular flexibility index (Phi) is 3.66. The Balaban J connectivity index is 2.21. The van der Waals surface area contributed by atoms with E-state index in [1.165, 1.54) is 0 Å². The van der Waals surface area contributed by atoms with Gasteiger partial charge in [0.2, 0.25) is 5.95 Å². The Labute approximate surface area is 113 Å². The molecule has 0 aromatic carbocycles. The molecule has 2 heterocycles. The van der Waals surface area contributed by atoms with Crippen molar-refractivity contribution in [1.29, 1.82) is 0 Å². The van der Waals surface area contributed by atoms with Crippen LogP contribution in [0, 0.1) is 13.8 Å². The molecule has 18 heavy (non-hydrogen) atoms. The number of rotatable bonds is 2. The minimum absolute atomic E-state index is 0.291. The Morgan fingerprint density at radius 3 is 2.44 bits per heavy atom. The molecular formula is C12H11BrN4O. The first-order valence-electron chi connectivity index (χ1n) is 5.31. The molecular weight excluding hydrogens is 296 g/mol. The maximum Gasteiger partial charge on any atom is 0.276 e. The summed E-state index contributed by atoms with van der Waals surface area (Å²) in [6, 6.07) is 6.97. The lowest BCUT2D eigenvalue weighted by Crippen LogP contribution is -2.16. The van der Waals surface area contributed by atoms with E-state index in [1.54, 1.807) is 18.2 Å². The van der Waals surface area contributed by atoms with Gasteiger partial charge >= 0.3 is 0 Å². The lowest BCUT2D eigenvalue weighted by Gasteiger charge is -2.05. The van der Waals surface area contributed by atoms with Crippen molar-refractivity contribution in [2.45, 2.75) is 13.8 Å². The molecule has 92 valence electrons. The molecule has 0 radical (unpaired) electrons. The normalized spacial score (nSPS) is 10.2. The number of carbonyl (C=O) groups excluding carboxylic acids is 1. The Morgan fingerprint density at radius 2 is 1.83 bits per heavy atom. The molecule has 0 unspecified atom stereocenters. The van der Waals surface area contributed by atoms with Crippen LogP contribution in [0.5, 0.6) is 0 Å². The zero-order valence-electron chi connectivity index (χ0n) is 9.94. The summed E-state index contributed by atoms with van der Waals surface area (Å²) in [4.78, 5) is 24.3. The molecule has 1 amide bonds. The third-order valence-electron chi connectivity index (χ3n) is 2.16. The average Bonchev–Trinajstić information content (AvgIpc) is 2.27. The number of halogens is 1. The number of aryl methyl sites for hydroxylation is 2. The second kappa shape index (κ2) is 5.22. The highest BCUT2D eigenvalue weighted by molar-refractivity contribution is 9.10. The number of amides is 1. The zero-order valence-corrected chi connectivity index (χ0v) is 11.5. The van der Waals surface area contributed by atoms with Crippen LogP contribution in [0.3, 0.4) is 0 Å². The third-order valence-corrected chi connectivity index (χ3v) is 2.60. The van der Waals surface area contributed by atoms with Gasteiger partial charge in [0.25, 0.3) is 5.91 Å². The first-order chi connectivity index (χ1) is 8.54. The summed E-state index contributed by atoms with van der Waals surface area (Å²) in [6.45, 7) is 3.70. The first-order valence-corrected chi connectivity index (χ1v) is 6.10. The van der Waals surface area contributed by atoms with Gasteiger partial charge in [-0.25, -0.2) is 15.0 Å². The maximum absolute atomic E-state index is 11.9. The number of pyridine rings is 1. The number of carbonyl (C=O) groups is 1. The second-order valence-corrected chi connectivity index (χ2v) is 4.59. The van der Waals surface area contributed by atoms with E-state index in [2.05, 4.69) is 36.2 Å². The van der Waals surface area contributed by atoms with Crippen LogP contribution in [0.1, 0.15) is 21.9 Å². The quantitative estimate of drug-likeness (QED) is 0.866. The highest BCUT2D eigenvalue weighted by Gasteiger charge is 2.10. The van der Waals surface area contributed by atoms with Crippen LogP contribution < -0.4 is 5.32 Å². The van der Waals surface area contributed by atoms with Crippen molar-refractivity contribution in [3.63, 3.8) is 0 Å². The van der Waals surface area contributed by atoms with Crippen molar-refractivity contribution in [3.8, 4) is 0 Å². The largest absolute Gasteiger partial charge is 0.289 e. The molecule has 2 aromatic heterocycles. The fraction of sp³-hybridized carbons (Fsp3) is 0.167. The predicted octanol–water partition coefficient (Wildman–Crippen LogP) is 2.50. The molecule has 0 atom stereocenters. The molecule has 0 aliphatic heterocycles. The summed E-state index contributed by atoms with van der Waals surface area (Å²) < 4.78 is 0.608. The van der Waals surface area contributed by atoms with Gasteiger partial charge in [-0.05, 0) is 48.0 Å². The standard InChI is InChI=1S/C12H11BrN4O/c1-7-6-8(2)15-12(14-7)17-11(18)9-4-3-5-10(13)16-9/h3-6H,1-2H3,(H,14,15,17,18). The van der Waals surface area contributed by atoms with Crippen LogP contribution >= 0.6 is 15.9 Å². The van der Waals surface area contributed by atoms with Crippen molar-refractivity contribution in [2.75, 3.05) is 5.32 Å². The van der Waals surface area contributed by atoms with Crippen LogP contribution in [0.2, 0.25) is 0 Å². The molecule has 2 aromatic rings. The molecule has 2 rings (SSSR count). The van der Waals surface area contributed by atoms with Crippen molar-refractivity contribution >= 4 is 27.8 Å². The van der Waals surface area contributed by atoms with Gasteiger partial charge in [-0.1, -0.05) is 6.07 Å². The lowest BCUT2D eigenvalue weighted by molar-refractivity contribution is 0.102. The number of aromatic nitrogens is 3. The van der Waals surface area contributed by atoms with Gasteiger partial charge in [0, 0.05) is 11.4 Å². The van der Waals surface area contributed by atoms with E-state index < -0.39 is 0 Å².